The van der Waals surface area contributed by atoms with E-state index in [-0.39, 0.29) is 12.0 Å². The summed E-state index contributed by atoms with van der Waals surface area (Å²) in [6.45, 7) is 0.902. The van der Waals surface area contributed by atoms with E-state index in [9.17, 15) is 4.79 Å². The molecule has 18 heavy (non-hydrogen) atoms. The first-order valence-corrected chi connectivity index (χ1v) is 7.59. The van der Waals surface area contributed by atoms with Crippen LogP contribution in [0.4, 0.5) is 0 Å². The van der Waals surface area contributed by atoms with Gasteiger partial charge in [-0.2, -0.15) is 0 Å². The molecule has 2 heterocycles. The molecule has 1 aliphatic carbocycles. The van der Waals surface area contributed by atoms with Crippen molar-refractivity contribution in [2.45, 2.75) is 38.1 Å². The molecule has 0 radical (unpaired) electrons. The Morgan fingerprint density at radius 3 is 2.89 bits per heavy atom. The fourth-order valence-electron chi connectivity index (χ4n) is 2.90. The lowest BCUT2D eigenvalue weighted by Crippen LogP contribution is -2.41. The molecule has 0 aromatic carbocycles. The van der Waals surface area contributed by atoms with Crippen LogP contribution in [0.5, 0.6) is 0 Å². The summed E-state index contributed by atoms with van der Waals surface area (Å²) < 4.78 is 0. The fraction of sp³-hybridized carbons (Fsp3) is 0.571. The zero-order valence-corrected chi connectivity index (χ0v) is 11.2. The Morgan fingerprint density at radius 1 is 1.33 bits per heavy atom. The summed E-state index contributed by atoms with van der Waals surface area (Å²) in [5.41, 5.74) is 0. The van der Waals surface area contributed by atoms with Crippen LogP contribution in [-0.2, 0) is 4.79 Å². The van der Waals surface area contributed by atoms with Crippen molar-refractivity contribution in [1.82, 2.24) is 9.88 Å². The number of carbonyl (C=O) groups excluding carboxylic acids is 1. The number of hydrogen-bond acceptors (Lipinski definition) is 3. The van der Waals surface area contributed by atoms with Crippen LogP contribution in [0.15, 0.2) is 23.7 Å². The number of rotatable bonds is 2. The molecule has 2 aliphatic rings. The Bertz CT molecular complexity index is 433. The van der Waals surface area contributed by atoms with Gasteiger partial charge in [0.2, 0.25) is 5.91 Å². The number of nitrogens with zero attached hydrogens (tertiary/aromatic N) is 2. The lowest BCUT2D eigenvalue weighted by Gasteiger charge is -2.36. The maximum Gasteiger partial charge on any atom is 0.226 e. The summed E-state index contributed by atoms with van der Waals surface area (Å²) in [4.78, 5) is 19.1. The van der Waals surface area contributed by atoms with Crippen molar-refractivity contribution in [3.05, 3.63) is 28.7 Å². The highest BCUT2D eigenvalue weighted by molar-refractivity contribution is 7.09. The number of allylic oxidation sites excluding steroid dienone is 2. The first-order chi connectivity index (χ1) is 8.86. The monoisotopic (exact) mass is 262 g/mol. The first kappa shape index (κ1) is 11.9. The minimum absolute atomic E-state index is 0.186. The zero-order valence-electron chi connectivity index (χ0n) is 10.4. The second-order valence-electron chi connectivity index (χ2n) is 5.05. The molecule has 96 valence electrons. The highest BCUT2D eigenvalue weighted by Crippen LogP contribution is 2.34. The number of piperidine rings is 1. The summed E-state index contributed by atoms with van der Waals surface area (Å²) in [7, 11) is 0. The van der Waals surface area contributed by atoms with Gasteiger partial charge in [-0.25, -0.2) is 4.98 Å². The number of aromatic nitrogens is 1. The number of hydrogen-bond donors (Lipinski definition) is 0. The van der Waals surface area contributed by atoms with Crippen molar-refractivity contribution in [1.29, 1.82) is 0 Å². The van der Waals surface area contributed by atoms with Crippen LogP contribution < -0.4 is 0 Å². The second-order valence-corrected chi connectivity index (χ2v) is 5.98. The van der Waals surface area contributed by atoms with Crippen LogP contribution >= 0.6 is 11.3 Å². The molecule has 0 saturated carbocycles. The zero-order chi connectivity index (χ0) is 12.4. The molecule has 1 atom stereocenters. The molecule has 1 aliphatic heterocycles. The molecule has 3 rings (SSSR count). The van der Waals surface area contributed by atoms with Crippen molar-refractivity contribution in [3.8, 4) is 0 Å². The second kappa shape index (κ2) is 5.22. The standard InChI is InChI=1S/C14H18N2OS/c17-14(11-5-1-2-6-11)16-9-4-3-7-12(16)13-15-8-10-18-13/h1-2,8,10-12H,3-7,9H2/t12-/m0/s1. The van der Waals surface area contributed by atoms with E-state index in [1.165, 1.54) is 6.42 Å². The predicted octanol–water partition coefficient (Wildman–Crippen LogP) is 3.16. The van der Waals surface area contributed by atoms with Gasteiger partial charge in [0, 0.05) is 24.0 Å². The Balaban J connectivity index is 1.77. The topological polar surface area (TPSA) is 33.2 Å². The first-order valence-electron chi connectivity index (χ1n) is 6.71. The highest BCUT2D eigenvalue weighted by atomic mass is 32.1. The minimum atomic E-state index is 0.186. The summed E-state index contributed by atoms with van der Waals surface area (Å²) in [6, 6.07) is 0.229. The van der Waals surface area contributed by atoms with Gasteiger partial charge >= 0.3 is 0 Å². The third-order valence-corrected chi connectivity index (χ3v) is 4.76. The van der Waals surface area contributed by atoms with Gasteiger partial charge in [0.1, 0.15) is 5.01 Å². The highest BCUT2D eigenvalue weighted by Gasteiger charge is 2.33. The number of carbonyl (C=O) groups is 1. The maximum atomic E-state index is 12.6. The third-order valence-electron chi connectivity index (χ3n) is 3.88. The maximum absolute atomic E-state index is 12.6. The molecular weight excluding hydrogens is 244 g/mol. The SMILES string of the molecule is O=C(C1CC=CC1)N1CCCC[C@H]1c1nccs1. The van der Waals surface area contributed by atoms with Gasteiger partial charge in [-0.15, -0.1) is 11.3 Å². The molecule has 1 aromatic rings. The molecule has 4 heteroatoms. The van der Waals surface area contributed by atoms with Gasteiger partial charge in [0.25, 0.3) is 0 Å². The van der Waals surface area contributed by atoms with Gasteiger partial charge in [0.15, 0.2) is 0 Å². The van der Waals surface area contributed by atoms with Gasteiger partial charge in [-0.05, 0) is 32.1 Å². The normalized spacial score (nSPS) is 24.7. The molecule has 0 bridgehead atoms. The van der Waals surface area contributed by atoms with Crippen molar-refractivity contribution in [3.63, 3.8) is 0 Å². The quantitative estimate of drug-likeness (QED) is 0.767. The van der Waals surface area contributed by atoms with Crippen LogP contribution in [0.25, 0.3) is 0 Å². The third kappa shape index (κ3) is 2.21. The van der Waals surface area contributed by atoms with Crippen LogP contribution in [-0.4, -0.2) is 22.3 Å². The van der Waals surface area contributed by atoms with Crippen LogP contribution in [0.3, 0.4) is 0 Å². The van der Waals surface area contributed by atoms with Gasteiger partial charge in [-0.3, -0.25) is 4.79 Å². The molecule has 0 N–H and O–H groups in total. The molecule has 3 nitrogen and oxygen atoms in total. The Kier molecular flexibility index (Phi) is 3.46. The molecule has 1 fully saturated rings. The summed E-state index contributed by atoms with van der Waals surface area (Å²) in [6.07, 6.45) is 11.3. The van der Waals surface area contributed by atoms with E-state index in [4.69, 9.17) is 0 Å². The van der Waals surface area contributed by atoms with Crippen LogP contribution in [0.1, 0.15) is 43.2 Å². The number of thiazole rings is 1. The van der Waals surface area contributed by atoms with E-state index in [0.717, 1.165) is 37.2 Å². The van der Waals surface area contributed by atoms with E-state index >= 15 is 0 Å². The summed E-state index contributed by atoms with van der Waals surface area (Å²) in [5, 5.41) is 3.11. The number of amides is 1. The molecule has 1 saturated heterocycles. The predicted molar refractivity (Wildman–Crippen MR) is 72.3 cm³/mol. The van der Waals surface area contributed by atoms with Crippen LogP contribution in [0, 0.1) is 5.92 Å². The molecule has 0 unspecified atom stereocenters. The average Bonchev–Trinajstić information content (AvgIpc) is 3.11. The molecule has 0 spiro atoms. The smallest absolute Gasteiger partial charge is 0.226 e. The van der Waals surface area contributed by atoms with Crippen molar-refractivity contribution in [2.24, 2.45) is 5.92 Å². The van der Waals surface area contributed by atoms with Crippen molar-refractivity contribution < 1.29 is 4.79 Å². The van der Waals surface area contributed by atoms with Gasteiger partial charge < -0.3 is 4.90 Å². The van der Waals surface area contributed by atoms with E-state index in [0.29, 0.717) is 5.91 Å². The largest absolute Gasteiger partial charge is 0.333 e. The Labute approximate surface area is 112 Å². The Hall–Kier alpha value is -1.16. The average molecular weight is 262 g/mol. The Morgan fingerprint density at radius 2 is 2.17 bits per heavy atom. The van der Waals surface area contributed by atoms with E-state index in [2.05, 4.69) is 22.0 Å². The lowest BCUT2D eigenvalue weighted by atomic mass is 9.98. The van der Waals surface area contributed by atoms with Crippen molar-refractivity contribution >= 4 is 17.2 Å². The lowest BCUT2D eigenvalue weighted by molar-refractivity contribution is -0.139. The summed E-state index contributed by atoms with van der Waals surface area (Å²) in [5.74, 6) is 0.519. The van der Waals surface area contributed by atoms with Gasteiger partial charge in [0.05, 0.1) is 6.04 Å². The van der Waals surface area contributed by atoms with Crippen molar-refractivity contribution in [2.75, 3.05) is 6.54 Å². The van der Waals surface area contributed by atoms with Gasteiger partial charge in [-0.1, -0.05) is 12.2 Å². The number of likely N-dealkylation sites (tertiary alicyclic amines) is 1. The fourth-order valence-corrected chi connectivity index (χ4v) is 3.69. The molecule has 1 aromatic heterocycles. The van der Waals surface area contributed by atoms with E-state index < -0.39 is 0 Å². The van der Waals surface area contributed by atoms with E-state index in [1.54, 1.807) is 11.3 Å². The molecule has 1 amide bonds. The molecular formula is C14H18N2OS. The van der Waals surface area contributed by atoms with E-state index in [1.807, 2.05) is 11.6 Å². The van der Waals surface area contributed by atoms with Crippen LogP contribution in [0.2, 0.25) is 0 Å². The minimum Gasteiger partial charge on any atom is -0.333 e. The summed E-state index contributed by atoms with van der Waals surface area (Å²) >= 11 is 1.67.